The van der Waals surface area contributed by atoms with Crippen LogP contribution in [0.2, 0.25) is 0 Å². The number of nitrogens with one attached hydrogen (secondary N) is 1. The van der Waals surface area contributed by atoms with Crippen LogP contribution in [0.4, 0.5) is 0 Å². The highest BCUT2D eigenvalue weighted by Gasteiger charge is 2.14. The Labute approximate surface area is 149 Å². The summed E-state index contributed by atoms with van der Waals surface area (Å²) in [5.41, 5.74) is 4.93. The second-order valence-corrected chi connectivity index (χ2v) is 5.76. The molecule has 0 saturated carbocycles. The molecule has 124 valence electrons. The Morgan fingerprint density at radius 1 is 0.960 bits per heavy atom. The quantitative estimate of drug-likeness (QED) is 0.531. The molecule has 0 saturated heterocycles. The molecule has 0 aliphatic heterocycles. The molecule has 0 bridgehead atoms. The van der Waals surface area contributed by atoms with Gasteiger partial charge in [0.05, 0.1) is 11.4 Å². The highest BCUT2D eigenvalue weighted by atomic mass is 14.9. The maximum atomic E-state index is 4.83. The van der Waals surface area contributed by atoms with Crippen molar-refractivity contribution in [1.82, 2.24) is 9.97 Å². The standard InChI is InChI=1S/C23H22N2/c1-3-4-5-8-13-18(2)21-22(19-14-9-6-10-15-19)25-23(24-21)20-16-11-7-12-17-20/h4-17H,2-3H2,1H3,(H,24,25)/b5-4-,13-8-. The van der Waals surface area contributed by atoms with Gasteiger partial charge in [0.2, 0.25) is 0 Å². The normalized spacial score (nSPS) is 11.4. The van der Waals surface area contributed by atoms with Gasteiger partial charge in [0, 0.05) is 11.1 Å². The summed E-state index contributed by atoms with van der Waals surface area (Å²) in [6.45, 7) is 6.33. The van der Waals surface area contributed by atoms with Crippen LogP contribution in [0.5, 0.6) is 0 Å². The summed E-state index contributed by atoms with van der Waals surface area (Å²) < 4.78 is 0. The van der Waals surface area contributed by atoms with Crippen molar-refractivity contribution in [1.29, 1.82) is 0 Å². The summed E-state index contributed by atoms with van der Waals surface area (Å²) in [6, 6.07) is 20.4. The van der Waals surface area contributed by atoms with Gasteiger partial charge in [-0.1, -0.05) is 98.5 Å². The number of hydrogen-bond donors (Lipinski definition) is 1. The van der Waals surface area contributed by atoms with E-state index < -0.39 is 0 Å². The maximum Gasteiger partial charge on any atom is 0.138 e. The van der Waals surface area contributed by atoms with Gasteiger partial charge in [-0.15, -0.1) is 0 Å². The lowest BCUT2D eigenvalue weighted by molar-refractivity contribution is 1.22. The summed E-state index contributed by atoms with van der Waals surface area (Å²) in [4.78, 5) is 8.30. The number of imidazole rings is 1. The SMILES string of the molecule is C=C(/C=C\C=C/CC)c1nc(-c2ccccc2)[nH]c1-c1ccccc1. The van der Waals surface area contributed by atoms with Gasteiger partial charge in [-0.2, -0.15) is 0 Å². The summed E-state index contributed by atoms with van der Waals surface area (Å²) >= 11 is 0. The van der Waals surface area contributed by atoms with Crippen molar-refractivity contribution in [2.24, 2.45) is 0 Å². The molecule has 3 rings (SSSR count). The van der Waals surface area contributed by atoms with Gasteiger partial charge in [-0.05, 0) is 12.0 Å². The van der Waals surface area contributed by atoms with Crippen LogP contribution >= 0.6 is 0 Å². The summed E-state index contributed by atoms with van der Waals surface area (Å²) in [5, 5.41) is 0. The minimum absolute atomic E-state index is 0.855. The lowest BCUT2D eigenvalue weighted by atomic mass is 10.1. The van der Waals surface area contributed by atoms with E-state index in [1.807, 2.05) is 54.6 Å². The third-order valence-electron chi connectivity index (χ3n) is 3.90. The Morgan fingerprint density at radius 3 is 2.24 bits per heavy atom. The van der Waals surface area contributed by atoms with E-state index in [-0.39, 0.29) is 0 Å². The first-order valence-electron chi connectivity index (χ1n) is 8.53. The zero-order chi connectivity index (χ0) is 17.5. The van der Waals surface area contributed by atoms with E-state index in [4.69, 9.17) is 4.98 Å². The van der Waals surface area contributed by atoms with Crippen molar-refractivity contribution < 1.29 is 0 Å². The largest absolute Gasteiger partial charge is 0.337 e. The smallest absolute Gasteiger partial charge is 0.138 e. The predicted molar refractivity (Wildman–Crippen MR) is 107 cm³/mol. The summed E-state index contributed by atoms with van der Waals surface area (Å²) in [7, 11) is 0. The molecule has 0 spiro atoms. The van der Waals surface area contributed by atoms with Crippen molar-refractivity contribution in [3.63, 3.8) is 0 Å². The van der Waals surface area contributed by atoms with Crippen molar-refractivity contribution in [2.75, 3.05) is 0 Å². The molecule has 0 aliphatic carbocycles. The number of aromatic amines is 1. The van der Waals surface area contributed by atoms with Crippen LogP contribution in [0.1, 0.15) is 19.0 Å². The van der Waals surface area contributed by atoms with Gasteiger partial charge >= 0.3 is 0 Å². The van der Waals surface area contributed by atoms with Crippen LogP contribution in [-0.4, -0.2) is 9.97 Å². The van der Waals surface area contributed by atoms with Crippen molar-refractivity contribution >= 4 is 5.57 Å². The lowest BCUT2D eigenvalue weighted by Crippen LogP contribution is -1.85. The molecule has 1 heterocycles. The second-order valence-electron chi connectivity index (χ2n) is 5.76. The molecular formula is C23H22N2. The Balaban J connectivity index is 2.03. The zero-order valence-electron chi connectivity index (χ0n) is 14.4. The first kappa shape index (κ1) is 16.7. The van der Waals surface area contributed by atoms with E-state index in [9.17, 15) is 0 Å². The molecule has 25 heavy (non-hydrogen) atoms. The number of allylic oxidation sites excluding steroid dienone is 5. The molecule has 2 aromatic carbocycles. The third kappa shape index (κ3) is 4.04. The average molecular weight is 326 g/mol. The first-order valence-corrected chi connectivity index (χ1v) is 8.53. The van der Waals surface area contributed by atoms with E-state index in [1.165, 1.54) is 0 Å². The zero-order valence-corrected chi connectivity index (χ0v) is 14.4. The van der Waals surface area contributed by atoms with E-state index in [0.29, 0.717) is 0 Å². The highest BCUT2D eigenvalue weighted by molar-refractivity contribution is 5.82. The molecule has 0 unspecified atom stereocenters. The van der Waals surface area contributed by atoms with Crippen molar-refractivity contribution in [3.05, 3.63) is 97.2 Å². The maximum absolute atomic E-state index is 4.83. The van der Waals surface area contributed by atoms with Crippen LogP contribution in [0, 0.1) is 0 Å². The second kappa shape index (κ2) is 8.11. The molecule has 0 aliphatic rings. The Hall–Kier alpha value is -3.13. The predicted octanol–water partition coefficient (Wildman–Crippen LogP) is 6.28. The van der Waals surface area contributed by atoms with E-state index in [1.54, 1.807) is 0 Å². The molecule has 0 fully saturated rings. The van der Waals surface area contributed by atoms with Gasteiger partial charge < -0.3 is 4.98 Å². The molecular weight excluding hydrogens is 304 g/mol. The fourth-order valence-corrected chi connectivity index (χ4v) is 2.62. The number of nitrogens with zero attached hydrogens (tertiary/aromatic N) is 1. The number of benzene rings is 2. The molecule has 1 aromatic heterocycles. The molecule has 1 N–H and O–H groups in total. The van der Waals surface area contributed by atoms with Crippen molar-refractivity contribution in [2.45, 2.75) is 13.3 Å². The summed E-state index contributed by atoms with van der Waals surface area (Å²) in [5.74, 6) is 0.855. The Morgan fingerprint density at radius 2 is 1.60 bits per heavy atom. The Bertz CT molecular complexity index is 884. The number of aromatic nitrogens is 2. The van der Waals surface area contributed by atoms with Crippen LogP contribution in [-0.2, 0) is 0 Å². The van der Waals surface area contributed by atoms with E-state index in [2.05, 4.69) is 48.8 Å². The van der Waals surface area contributed by atoms with Crippen LogP contribution < -0.4 is 0 Å². The number of rotatable bonds is 6. The number of hydrogen-bond acceptors (Lipinski definition) is 1. The average Bonchev–Trinajstić information content (AvgIpc) is 3.12. The van der Waals surface area contributed by atoms with Gasteiger partial charge in [0.15, 0.2) is 0 Å². The fourth-order valence-electron chi connectivity index (χ4n) is 2.62. The fraction of sp³-hybridized carbons (Fsp3) is 0.0870. The summed E-state index contributed by atoms with van der Waals surface area (Å²) in [6.07, 6.45) is 9.19. The van der Waals surface area contributed by atoms with E-state index in [0.717, 1.165) is 40.3 Å². The third-order valence-corrected chi connectivity index (χ3v) is 3.90. The van der Waals surface area contributed by atoms with Gasteiger partial charge in [-0.25, -0.2) is 4.98 Å². The molecule has 0 radical (unpaired) electrons. The molecule has 2 nitrogen and oxygen atoms in total. The van der Waals surface area contributed by atoms with Gasteiger partial charge in [-0.3, -0.25) is 0 Å². The highest BCUT2D eigenvalue weighted by Crippen LogP contribution is 2.30. The first-order chi connectivity index (χ1) is 12.3. The van der Waals surface area contributed by atoms with Gasteiger partial charge in [0.1, 0.15) is 5.82 Å². The van der Waals surface area contributed by atoms with Crippen molar-refractivity contribution in [3.8, 4) is 22.6 Å². The monoisotopic (exact) mass is 326 g/mol. The molecule has 2 heteroatoms. The minimum Gasteiger partial charge on any atom is -0.337 e. The van der Waals surface area contributed by atoms with Crippen LogP contribution in [0.25, 0.3) is 28.2 Å². The van der Waals surface area contributed by atoms with Crippen LogP contribution in [0.15, 0.2) is 91.5 Å². The molecule has 0 amide bonds. The molecule has 3 aromatic rings. The van der Waals surface area contributed by atoms with Crippen LogP contribution in [0.3, 0.4) is 0 Å². The lowest BCUT2D eigenvalue weighted by Gasteiger charge is -2.02. The Kier molecular flexibility index (Phi) is 5.43. The minimum atomic E-state index is 0.855. The van der Waals surface area contributed by atoms with E-state index >= 15 is 0 Å². The molecule has 0 atom stereocenters. The van der Waals surface area contributed by atoms with Gasteiger partial charge in [0.25, 0.3) is 0 Å². The number of H-pyrrole nitrogens is 1. The topological polar surface area (TPSA) is 28.7 Å².